The predicted octanol–water partition coefficient (Wildman–Crippen LogP) is -0.0785. The molecule has 7 nitrogen and oxygen atoms in total. The van der Waals surface area contributed by atoms with Crippen molar-refractivity contribution in [1.29, 1.82) is 0 Å². The highest BCUT2D eigenvalue weighted by Crippen LogP contribution is 2.23. The number of nitrogens with one attached hydrogen (secondary N) is 1. The Morgan fingerprint density at radius 3 is 2.55 bits per heavy atom. The third-order valence-corrected chi connectivity index (χ3v) is 3.06. The smallest absolute Gasteiger partial charge is 0.259 e. The van der Waals surface area contributed by atoms with Gasteiger partial charge in [0, 0.05) is 19.7 Å². The highest BCUT2D eigenvalue weighted by atomic mass is 79.9. The third-order valence-electron chi connectivity index (χ3n) is 2.49. The number of aliphatic hydroxyl groups is 2. The minimum Gasteiger partial charge on any atom is -0.394 e. The number of nitrogens with zero attached hydrogens (tertiary/aromatic N) is 1. The molecule has 1 saturated heterocycles. The molecule has 1 aliphatic heterocycles. The van der Waals surface area contributed by atoms with Crippen molar-refractivity contribution in [2.75, 3.05) is 13.7 Å². The summed E-state index contributed by atoms with van der Waals surface area (Å²) in [4.78, 5) is 23.3. The Hall–Kier alpha value is -0.960. The maximum Gasteiger partial charge on any atom is 0.259 e. The van der Waals surface area contributed by atoms with Crippen LogP contribution in [0.2, 0.25) is 0 Å². The van der Waals surface area contributed by atoms with Gasteiger partial charge >= 0.3 is 0 Å². The molecule has 3 N–H and O–H groups in total. The molecule has 1 heterocycles. The molecule has 3 unspecified atom stereocenters. The van der Waals surface area contributed by atoms with Crippen molar-refractivity contribution in [2.24, 2.45) is 0 Å². The second-order valence-electron chi connectivity index (χ2n) is 3.74. The average Bonchev–Trinajstić information content (AvgIpc) is 2.86. The Kier molecular flexibility index (Phi) is 9.39. The van der Waals surface area contributed by atoms with Gasteiger partial charge in [-0.1, -0.05) is 13.8 Å². The summed E-state index contributed by atoms with van der Waals surface area (Å²) >= 11 is 3.01. The van der Waals surface area contributed by atoms with Crippen molar-refractivity contribution < 1.29 is 24.5 Å². The first kappa shape index (κ1) is 19.0. The molecular formula is C12H21BrN2O5. The van der Waals surface area contributed by atoms with Gasteiger partial charge in [0.1, 0.15) is 6.10 Å². The van der Waals surface area contributed by atoms with Crippen molar-refractivity contribution in [3.8, 4) is 0 Å². The van der Waals surface area contributed by atoms with Crippen molar-refractivity contribution in [1.82, 2.24) is 10.2 Å². The summed E-state index contributed by atoms with van der Waals surface area (Å²) in [5.41, 5.74) is 0. The van der Waals surface area contributed by atoms with Crippen LogP contribution in [-0.2, 0) is 14.3 Å². The summed E-state index contributed by atoms with van der Waals surface area (Å²) in [5, 5.41) is 21.0. The van der Waals surface area contributed by atoms with Crippen LogP contribution < -0.4 is 5.32 Å². The zero-order chi connectivity index (χ0) is 15.7. The van der Waals surface area contributed by atoms with E-state index in [1.807, 2.05) is 13.8 Å². The van der Waals surface area contributed by atoms with Crippen molar-refractivity contribution in [2.45, 2.75) is 38.7 Å². The Morgan fingerprint density at radius 2 is 2.15 bits per heavy atom. The second-order valence-corrected chi connectivity index (χ2v) is 4.60. The number of amides is 2. The van der Waals surface area contributed by atoms with Gasteiger partial charge in [0.05, 0.1) is 17.2 Å². The minimum absolute atomic E-state index is 0.125. The fourth-order valence-electron chi connectivity index (χ4n) is 1.59. The van der Waals surface area contributed by atoms with E-state index in [0.29, 0.717) is 6.41 Å². The van der Waals surface area contributed by atoms with E-state index in [2.05, 4.69) is 21.2 Å². The Bertz CT molecular complexity index is 351. The Labute approximate surface area is 126 Å². The summed E-state index contributed by atoms with van der Waals surface area (Å²) in [7, 11) is 1.45. The average molecular weight is 353 g/mol. The van der Waals surface area contributed by atoms with E-state index in [1.54, 1.807) is 0 Å². The molecule has 0 spiro atoms. The minimum atomic E-state index is -0.909. The SMILES string of the molecule is CC.CNC(=O)/C(Br)=C\N(C=O)C1OC(CO)CC1O. The highest BCUT2D eigenvalue weighted by Gasteiger charge is 2.36. The third kappa shape index (κ3) is 5.20. The monoisotopic (exact) mass is 352 g/mol. The number of rotatable bonds is 5. The van der Waals surface area contributed by atoms with Gasteiger partial charge in [-0.05, 0) is 15.9 Å². The molecule has 0 bridgehead atoms. The molecule has 3 atom stereocenters. The molecule has 20 heavy (non-hydrogen) atoms. The van der Waals surface area contributed by atoms with E-state index in [-0.39, 0.29) is 17.5 Å². The summed E-state index contributed by atoms with van der Waals surface area (Å²) in [6.45, 7) is 3.76. The number of aliphatic hydroxyl groups excluding tert-OH is 2. The fourth-order valence-corrected chi connectivity index (χ4v) is 2.02. The van der Waals surface area contributed by atoms with Gasteiger partial charge in [0.15, 0.2) is 6.23 Å². The molecule has 1 fully saturated rings. The van der Waals surface area contributed by atoms with E-state index in [9.17, 15) is 14.7 Å². The van der Waals surface area contributed by atoms with Gasteiger partial charge in [-0.25, -0.2) is 0 Å². The maximum atomic E-state index is 11.3. The standard InChI is InChI=1S/C10H15BrN2O5.C2H6/c1-12-9(17)7(11)3-13(5-15)10-8(16)2-6(4-14)18-10;1-2/h3,5-6,8,10,14,16H,2,4H2,1H3,(H,12,17);1-2H3/b7-3+;. The van der Waals surface area contributed by atoms with E-state index < -0.39 is 24.3 Å². The largest absolute Gasteiger partial charge is 0.394 e. The topological polar surface area (TPSA) is 99.1 Å². The first-order valence-corrected chi connectivity index (χ1v) is 7.09. The van der Waals surface area contributed by atoms with E-state index in [0.717, 1.165) is 4.90 Å². The van der Waals surface area contributed by atoms with Crippen molar-refractivity contribution in [3.63, 3.8) is 0 Å². The van der Waals surface area contributed by atoms with Crippen LogP contribution in [0.1, 0.15) is 20.3 Å². The molecule has 8 heteroatoms. The summed E-state index contributed by atoms with van der Waals surface area (Å²) in [6, 6.07) is 0. The zero-order valence-corrected chi connectivity index (χ0v) is 13.3. The second kappa shape index (κ2) is 9.87. The van der Waals surface area contributed by atoms with Crippen LogP contribution >= 0.6 is 15.9 Å². The van der Waals surface area contributed by atoms with Gasteiger partial charge in [0.25, 0.3) is 5.91 Å². The number of hydrogen-bond acceptors (Lipinski definition) is 5. The molecule has 0 saturated carbocycles. The lowest BCUT2D eigenvalue weighted by atomic mass is 10.2. The van der Waals surface area contributed by atoms with Crippen LogP contribution in [0.3, 0.4) is 0 Å². The highest BCUT2D eigenvalue weighted by molar-refractivity contribution is 9.12. The summed E-state index contributed by atoms with van der Waals surface area (Å²) < 4.78 is 5.41. The first-order chi connectivity index (χ1) is 9.53. The number of likely N-dealkylation sites (N-methyl/N-ethyl adjacent to an activating group) is 1. The quantitative estimate of drug-likeness (QED) is 0.474. The van der Waals surface area contributed by atoms with E-state index >= 15 is 0 Å². The van der Waals surface area contributed by atoms with Gasteiger partial charge in [-0.15, -0.1) is 0 Å². The number of ether oxygens (including phenoxy) is 1. The van der Waals surface area contributed by atoms with Crippen LogP contribution in [0.15, 0.2) is 10.7 Å². The van der Waals surface area contributed by atoms with Gasteiger partial charge in [0.2, 0.25) is 6.41 Å². The molecule has 0 aliphatic carbocycles. The Balaban J connectivity index is 0.00000172. The molecule has 1 rings (SSSR count). The lowest BCUT2D eigenvalue weighted by Gasteiger charge is -2.23. The van der Waals surface area contributed by atoms with E-state index in [4.69, 9.17) is 9.84 Å². The molecule has 0 aromatic heterocycles. The fraction of sp³-hybridized carbons (Fsp3) is 0.667. The lowest BCUT2D eigenvalue weighted by molar-refractivity contribution is -0.133. The number of carbonyl (C=O) groups excluding carboxylic acids is 2. The first-order valence-electron chi connectivity index (χ1n) is 6.30. The normalized spacial score (nSPS) is 25.5. The zero-order valence-electron chi connectivity index (χ0n) is 11.7. The van der Waals surface area contributed by atoms with Crippen molar-refractivity contribution in [3.05, 3.63) is 10.7 Å². The van der Waals surface area contributed by atoms with Gasteiger partial charge in [-0.3, -0.25) is 14.5 Å². The van der Waals surface area contributed by atoms with Crippen LogP contribution in [0.5, 0.6) is 0 Å². The van der Waals surface area contributed by atoms with Crippen LogP contribution in [0, 0.1) is 0 Å². The van der Waals surface area contributed by atoms with Crippen molar-refractivity contribution >= 4 is 28.2 Å². The number of carbonyl (C=O) groups is 2. The maximum absolute atomic E-state index is 11.3. The molecule has 0 aromatic rings. The summed E-state index contributed by atoms with van der Waals surface area (Å²) in [5.74, 6) is -0.409. The Morgan fingerprint density at radius 1 is 1.55 bits per heavy atom. The summed E-state index contributed by atoms with van der Waals surface area (Å²) in [6.07, 6.45) is -0.432. The van der Waals surface area contributed by atoms with Gasteiger partial charge in [-0.2, -0.15) is 0 Å². The van der Waals surface area contributed by atoms with Crippen LogP contribution in [-0.4, -0.2) is 59.5 Å². The number of halogens is 1. The molecule has 2 amide bonds. The molecular weight excluding hydrogens is 332 g/mol. The molecule has 0 radical (unpaired) electrons. The van der Waals surface area contributed by atoms with Gasteiger partial charge < -0.3 is 20.3 Å². The molecule has 116 valence electrons. The van der Waals surface area contributed by atoms with Crippen LogP contribution in [0.25, 0.3) is 0 Å². The van der Waals surface area contributed by atoms with E-state index in [1.165, 1.54) is 13.2 Å². The lowest BCUT2D eigenvalue weighted by Crippen LogP contribution is -2.38. The van der Waals surface area contributed by atoms with Crippen LogP contribution in [0.4, 0.5) is 0 Å². The molecule has 1 aliphatic rings. The molecule has 0 aromatic carbocycles. The number of hydrogen-bond donors (Lipinski definition) is 3. The predicted molar refractivity (Wildman–Crippen MR) is 76.7 cm³/mol.